The predicted molar refractivity (Wildman–Crippen MR) is 118 cm³/mol. The lowest BCUT2D eigenvalue weighted by atomic mass is 10.1. The molecular formula is C23H26F6N4O3. The van der Waals surface area contributed by atoms with Crippen molar-refractivity contribution in [3.63, 3.8) is 0 Å². The summed E-state index contributed by atoms with van der Waals surface area (Å²) in [4.78, 5) is 33.5. The van der Waals surface area contributed by atoms with Crippen LogP contribution in [0.3, 0.4) is 0 Å². The average molecular weight is 520 g/mol. The molecular weight excluding hydrogens is 494 g/mol. The number of aryl methyl sites for hydroxylation is 1. The number of carbonyl (C=O) groups excluding carboxylic acids is 1. The van der Waals surface area contributed by atoms with E-state index in [-0.39, 0.29) is 36.5 Å². The van der Waals surface area contributed by atoms with Gasteiger partial charge < -0.3 is 10.0 Å². The van der Waals surface area contributed by atoms with Gasteiger partial charge in [-0.05, 0) is 18.6 Å². The van der Waals surface area contributed by atoms with Crippen LogP contribution in [0, 0.1) is 0 Å². The maximum Gasteiger partial charge on any atom is 0.416 e. The summed E-state index contributed by atoms with van der Waals surface area (Å²) < 4.78 is 77.7. The number of amides is 1. The van der Waals surface area contributed by atoms with Crippen molar-refractivity contribution in [2.45, 2.75) is 38.2 Å². The second-order valence-corrected chi connectivity index (χ2v) is 8.47. The summed E-state index contributed by atoms with van der Waals surface area (Å²) in [6, 6.07) is 4.97. The molecule has 198 valence electrons. The molecule has 0 atom stereocenters. The largest absolute Gasteiger partial charge is 0.416 e. The minimum atomic E-state index is -4.55. The average Bonchev–Trinajstić information content (AvgIpc) is 2.80. The van der Waals surface area contributed by atoms with Crippen molar-refractivity contribution in [1.82, 2.24) is 19.4 Å². The van der Waals surface area contributed by atoms with Crippen LogP contribution in [0.25, 0.3) is 11.3 Å². The van der Waals surface area contributed by atoms with Crippen molar-refractivity contribution in [3.05, 3.63) is 52.1 Å². The summed E-state index contributed by atoms with van der Waals surface area (Å²) in [5.41, 5.74) is -1.38. The number of aliphatic hydroxyl groups is 1. The van der Waals surface area contributed by atoms with Gasteiger partial charge in [0, 0.05) is 57.2 Å². The summed E-state index contributed by atoms with van der Waals surface area (Å²) in [5.74, 6) is -0.448. The van der Waals surface area contributed by atoms with Crippen molar-refractivity contribution < 1.29 is 36.2 Å². The van der Waals surface area contributed by atoms with Crippen LogP contribution in [0.5, 0.6) is 0 Å². The molecule has 0 radical (unpaired) electrons. The quantitative estimate of drug-likeness (QED) is 0.542. The molecule has 2 heterocycles. The molecule has 2 aromatic rings. The Labute approximate surface area is 203 Å². The van der Waals surface area contributed by atoms with E-state index in [1.807, 2.05) is 4.90 Å². The fourth-order valence-corrected chi connectivity index (χ4v) is 3.94. The number of rotatable bonds is 8. The minimum absolute atomic E-state index is 0.0112. The van der Waals surface area contributed by atoms with E-state index >= 15 is 0 Å². The number of halogens is 6. The molecule has 0 aliphatic carbocycles. The maximum atomic E-state index is 12.9. The standard InChI is InChI=1S/C23H26F6N4O3/c24-22(25,26)7-1-2-19-30-18(16-3-5-17(6-4-16)23(27,28)29)14-20(35)33(19)15-21(36)32-10-8-31(9-11-32)12-13-34/h3-6,14,34H,1-2,7-13,15H2. The van der Waals surface area contributed by atoms with E-state index in [0.29, 0.717) is 32.7 Å². The normalized spacial score (nSPS) is 15.4. The number of aromatic nitrogens is 2. The molecule has 1 saturated heterocycles. The first-order chi connectivity index (χ1) is 16.9. The first-order valence-corrected chi connectivity index (χ1v) is 11.3. The number of hydrogen-bond donors (Lipinski definition) is 1. The summed E-state index contributed by atoms with van der Waals surface area (Å²) in [5, 5.41) is 9.04. The SMILES string of the molecule is O=C(Cn1c(CCCC(F)(F)F)nc(-c2ccc(C(F)(F)F)cc2)cc1=O)N1CCN(CCO)CC1. The highest BCUT2D eigenvalue weighted by atomic mass is 19.4. The van der Waals surface area contributed by atoms with Crippen molar-refractivity contribution >= 4 is 5.91 Å². The zero-order valence-electron chi connectivity index (χ0n) is 19.3. The van der Waals surface area contributed by atoms with Gasteiger partial charge in [0.15, 0.2) is 0 Å². The van der Waals surface area contributed by atoms with Gasteiger partial charge in [0.2, 0.25) is 5.91 Å². The van der Waals surface area contributed by atoms with E-state index in [4.69, 9.17) is 5.11 Å². The molecule has 0 saturated carbocycles. The van der Waals surface area contributed by atoms with Crippen molar-refractivity contribution in [3.8, 4) is 11.3 Å². The minimum Gasteiger partial charge on any atom is -0.395 e. The van der Waals surface area contributed by atoms with E-state index in [9.17, 15) is 35.9 Å². The lowest BCUT2D eigenvalue weighted by Gasteiger charge is -2.34. The van der Waals surface area contributed by atoms with Gasteiger partial charge in [-0.1, -0.05) is 12.1 Å². The Bertz CT molecular complexity index is 1090. The molecule has 1 aromatic carbocycles. The summed E-state index contributed by atoms with van der Waals surface area (Å²) in [7, 11) is 0. The van der Waals surface area contributed by atoms with Crippen LogP contribution in [-0.2, 0) is 23.9 Å². The number of nitrogens with zero attached hydrogens (tertiary/aromatic N) is 4. The first kappa shape index (κ1) is 27.7. The van der Waals surface area contributed by atoms with Gasteiger partial charge in [-0.2, -0.15) is 26.3 Å². The molecule has 1 aliphatic heterocycles. The Morgan fingerprint density at radius 3 is 2.19 bits per heavy atom. The highest BCUT2D eigenvalue weighted by molar-refractivity contribution is 5.76. The Morgan fingerprint density at radius 1 is 1.00 bits per heavy atom. The van der Waals surface area contributed by atoms with Gasteiger partial charge >= 0.3 is 12.4 Å². The second kappa shape index (κ2) is 11.4. The van der Waals surface area contributed by atoms with Crippen LogP contribution in [0.4, 0.5) is 26.3 Å². The summed E-state index contributed by atoms with van der Waals surface area (Å²) >= 11 is 0. The molecule has 3 rings (SSSR count). The highest BCUT2D eigenvalue weighted by Crippen LogP contribution is 2.30. The van der Waals surface area contributed by atoms with Crippen molar-refractivity contribution in [1.29, 1.82) is 0 Å². The van der Waals surface area contributed by atoms with Gasteiger partial charge in [0.05, 0.1) is 17.9 Å². The predicted octanol–water partition coefficient (Wildman–Crippen LogP) is 2.95. The third kappa shape index (κ3) is 7.53. The van der Waals surface area contributed by atoms with Crippen LogP contribution >= 0.6 is 0 Å². The van der Waals surface area contributed by atoms with Gasteiger partial charge in [-0.25, -0.2) is 4.98 Å². The number of carbonyl (C=O) groups is 1. The monoisotopic (exact) mass is 520 g/mol. The van der Waals surface area contributed by atoms with E-state index in [1.54, 1.807) is 0 Å². The number of hydrogen-bond acceptors (Lipinski definition) is 5. The number of aliphatic hydroxyl groups excluding tert-OH is 1. The molecule has 1 N–H and O–H groups in total. The Kier molecular flexibility index (Phi) is 8.77. The van der Waals surface area contributed by atoms with Gasteiger partial charge in [-0.15, -0.1) is 0 Å². The molecule has 1 aliphatic rings. The van der Waals surface area contributed by atoms with Crippen LogP contribution in [-0.4, -0.2) is 75.9 Å². The fourth-order valence-electron chi connectivity index (χ4n) is 3.94. The maximum absolute atomic E-state index is 12.9. The molecule has 7 nitrogen and oxygen atoms in total. The zero-order chi connectivity index (χ0) is 26.5. The third-order valence-electron chi connectivity index (χ3n) is 5.89. The van der Waals surface area contributed by atoms with Crippen LogP contribution in [0.2, 0.25) is 0 Å². The summed E-state index contributed by atoms with van der Waals surface area (Å²) in [6.07, 6.45) is -10.7. The van der Waals surface area contributed by atoms with Gasteiger partial charge in [0.25, 0.3) is 5.56 Å². The number of piperazine rings is 1. The van der Waals surface area contributed by atoms with Crippen LogP contribution < -0.4 is 5.56 Å². The summed E-state index contributed by atoms with van der Waals surface area (Å²) in [6.45, 7) is 1.85. The molecule has 1 amide bonds. The number of benzene rings is 1. The van der Waals surface area contributed by atoms with Crippen LogP contribution in [0.15, 0.2) is 35.1 Å². The molecule has 0 spiro atoms. The number of β-amino-alcohol motifs (C(OH)–C–C–N with tert-alkyl or cyclic N) is 1. The molecule has 0 unspecified atom stereocenters. The Hall–Kier alpha value is -2.93. The Morgan fingerprint density at radius 2 is 1.64 bits per heavy atom. The van der Waals surface area contributed by atoms with E-state index in [1.165, 1.54) is 4.90 Å². The third-order valence-corrected chi connectivity index (χ3v) is 5.89. The first-order valence-electron chi connectivity index (χ1n) is 11.3. The smallest absolute Gasteiger partial charge is 0.395 e. The van der Waals surface area contributed by atoms with Crippen molar-refractivity contribution in [2.24, 2.45) is 0 Å². The van der Waals surface area contributed by atoms with E-state index in [0.717, 1.165) is 34.9 Å². The van der Waals surface area contributed by atoms with E-state index < -0.39 is 42.3 Å². The zero-order valence-corrected chi connectivity index (χ0v) is 19.3. The lowest BCUT2D eigenvalue weighted by molar-refractivity contribution is -0.137. The second-order valence-electron chi connectivity index (χ2n) is 8.47. The molecule has 13 heteroatoms. The molecule has 36 heavy (non-hydrogen) atoms. The van der Waals surface area contributed by atoms with Crippen molar-refractivity contribution in [2.75, 3.05) is 39.3 Å². The fraction of sp³-hybridized carbons (Fsp3) is 0.522. The van der Waals surface area contributed by atoms with E-state index in [2.05, 4.69) is 4.98 Å². The topological polar surface area (TPSA) is 78.7 Å². The highest BCUT2D eigenvalue weighted by Gasteiger charge is 2.30. The van der Waals surface area contributed by atoms with Crippen LogP contribution in [0.1, 0.15) is 24.2 Å². The molecule has 1 fully saturated rings. The lowest BCUT2D eigenvalue weighted by Crippen LogP contribution is -2.50. The molecule has 0 bridgehead atoms. The number of alkyl halides is 6. The van der Waals surface area contributed by atoms with Gasteiger partial charge in [0.1, 0.15) is 12.4 Å². The molecule has 1 aromatic heterocycles. The van der Waals surface area contributed by atoms with Gasteiger partial charge in [-0.3, -0.25) is 19.1 Å². The Balaban J connectivity index is 1.85.